The third kappa shape index (κ3) is 4.83. The van der Waals surface area contributed by atoms with Gasteiger partial charge in [0.2, 0.25) is 5.91 Å². The number of methoxy groups -OCH3 is 2. The first-order valence-electron chi connectivity index (χ1n) is 8.05. The lowest BCUT2D eigenvalue weighted by atomic mass is 10.1. The molecule has 0 saturated carbocycles. The largest absolute Gasteiger partial charge is 0.493 e. The van der Waals surface area contributed by atoms with Crippen LogP contribution in [0, 0.1) is 0 Å². The van der Waals surface area contributed by atoms with E-state index in [1.807, 2.05) is 0 Å². The molecule has 1 atom stereocenters. The fraction of sp³-hybridized carbons (Fsp3) is 0.529. The Bertz CT molecular complexity index is 627. The first-order chi connectivity index (χ1) is 12.0. The van der Waals surface area contributed by atoms with Gasteiger partial charge in [0.25, 0.3) is 5.91 Å². The van der Waals surface area contributed by atoms with Crippen molar-refractivity contribution in [1.82, 2.24) is 10.2 Å². The standard InChI is InChI=1S/C17H25N3O5/c1-20(2)17(22)12-8-14(23-3)15(24-4)9-13(12)19-16(21)7-11-10-25-6-5-18-11/h8-9,11,18H,5-7,10H2,1-4H3,(H,19,21). The van der Waals surface area contributed by atoms with Crippen LogP contribution in [0.2, 0.25) is 0 Å². The van der Waals surface area contributed by atoms with Crippen LogP contribution in [-0.4, -0.2) is 70.8 Å². The fourth-order valence-corrected chi connectivity index (χ4v) is 2.58. The molecule has 2 amide bonds. The zero-order valence-corrected chi connectivity index (χ0v) is 15.0. The molecule has 0 bridgehead atoms. The number of morpholine rings is 1. The molecule has 2 rings (SSSR count). The number of nitrogens with one attached hydrogen (secondary N) is 2. The summed E-state index contributed by atoms with van der Waals surface area (Å²) in [6.45, 7) is 1.86. The lowest BCUT2D eigenvalue weighted by Crippen LogP contribution is -2.43. The number of nitrogens with zero attached hydrogens (tertiary/aromatic N) is 1. The highest BCUT2D eigenvalue weighted by Crippen LogP contribution is 2.34. The van der Waals surface area contributed by atoms with Crippen LogP contribution in [-0.2, 0) is 9.53 Å². The summed E-state index contributed by atoms with van der Waals surface area (Å²) in [5.41, 5.74) is 0.724. The molecular weight excluding hydrogens is 326 g/mol. The predicted octanol–water partition coefficient (Wildman–Crippen LogP) is 0.723. The maximum absolute atomic E-state index is 12.5. The summed E-state index contributed by atoms with van der Waals surface area (Å²) in [5.74, 6) is 0.415. The van der Waals surface area contributed by atoms with Gasteiger partial charge in [-0.15, -0.1) is 0 Å². The molecule has 1 heterocycles. The number of benzene rings is 1. The highest BCUT2D eigenvalue weighted by molar-refractivity contribution is 6.04. The van der Waals surface area contributed by atoms with Gasteiger partial charge in [-0.1, -0.05) is 0 Å². The van der Waals surface area contributed by atoms with Gasteiger partial charge in [0.05, 0.1) is 38.7 Å². The molecule has 1 saturated heterocycles. The van der Waals surface area contributed by atoms with Crippen LogP contribution in [0.4, 0.5) is 5.69 Å². The Hall–Kier alpha value is -2.32. The molecule has 1 unspecified atom stereocenters. The van der Waals surface area contributed by atoms with Crippen molar-refractivity contribution in [3.05, 3.63) is 17.7 Å². The minimum atomic E-state index is -0.240. The number of rotatable bonds is 6. The fourth-order valence-electron chi connectivity index (χ4n) is 2.58. The Balaban J connectivity index is 2.24. The second-order valence-corrected chi connectivity index (χ2v) is 5.93. The second-order valence-electron chi connectivity index (χ2n) is 5.93. The van der Waals surface area contributed by atoms with Crippen molar-refractivity contribution in [3.8, 4) is 11.5 Å². The average Bonchev–Trinajstić information content (AvgIpc) is 2.61. The molecule has 2 N–H and O–H groups in total. The lowest BCUT2D eigenvalue weighted by Gasteiger charge is -2.23. The molecule has 1 aromatic rings. The quantitative estimate of drug-likeness (QED) is 0.785. The van der Waals surface area contributed by atoms with E-state index in [0.29, 0.717) is 36.0 Å². The van der Waals surface area contributed by atoms with E-state index in [1.165, 1.54) is 19.1 Å². The van der Waals surface area contributed by atoms with E-state index in [4.69, 9.17) is 14.2 Å². The minimum Gasteiger partial charge on any atom is -0.493 e. The first-order valence-corrected chi connectivity index (χ1v) is 8.05. The number of ether oxygens (including phenoxy) is 3. The summed E-state index contributed by atoms with van der Waals surface area (Å²) >= 11 is 0. The molecular formula is C17H25N3O5. The van der Waals surface area contributed by atoms with E-state index in [1.54, 1.807) is 26.2 Å². The maximum atomic E-state index is 12.5. The molecule has 8 heteroatoms. The number of amides is 2. The molecule has 0 aliphatic carbocycles. The summed E-state index contributed by atoms with van der Waals surface area (Å²) < 4.78 is 15.9. The van der Waals surface area contributed by atoms with Gasteiger partial charge in [-0.05, 0) is 6.07 Å². The van der Waals surface area contributed by atoms with Crippen molar-refractivity contribution < 1.29 is 23.8 Å². The lowest BCUT2D eigenvalue weighted by molar-refractivity contribution is -0.117. The van der Waals surface area contributed by atoms with Gasteiger partial charge < -0.3 is 29.7 Å². The topological polar surface area (TPSA) is 89.1 Å². The molecule has 8 nitrogen and oxygen atoms in total. The van der Waals surface area contributed by atoms with Gasteiger partial charge in [-0.2, -0.15) is 0 Å². The van der Waals surface area contributed by atoms with Crippen molar-refractivity contribution in [2.45, 2.75) is 12.5 Å². The molecule has 1 aliphatic rings. The van der Waals surface area contributed by atoms with Gasteiger partial charge in [0, 0.05) is 39.2 Å². The van der Waals surface area contributed by atoms with Gasteiger partial charge in [0.15, 0.2) is 11.5 Å². The second kappa shape index (κ2) is 8.68. The van der Waals surface area contributed by atoms with E-state index >= 15 is 0 Å². The SMILES string of the molecule is COc1cc(NC(=O)CC2COCCN2)c(C(=O)N(C)C)cc1OC. The first kappa shape index (κ1) is 19.0. The summed E-state index contributed by atoms with van der Waals surface area (Å²) in [7, 11) is 6.29. The van der Waals surface area contributed by atoms with Gasteiger partial charge >= 0.3 is 0 Å². The van der Waals surface area contributed by atoms with E-state index in [9.17, 15) is 9.59 Å². The van der Waals surface area contributed by atoms with Gasteiger partial charge in [-0.3, -0.25) is 9.59 Å². The number of carbonyl (C=O) groups excluding carboxylic acids is 2. The van der Waals surface area contributed by atoms with E-state index < -0.39 is 0 Å². The minimum absolute atomic E-state index is 0.0399. The number of anilines is 1. The monoisotopic (exact) mass is 351 g/mol. The Labute approximate surface area is 147 Å². The Morgan fingerprint density at radius 3 is 2.52 bits per heavy atom. The molecule has 0 aromatic heterocycles. The van der Waals surface area contributed by atoms with Crippen molar-refractivity contribution in [3.63, 3.8) is 0 Å². The molecule has 1 aliphatic heterocycles. The maximum Gasteiger partial charge on any atom is 0.255 e. The van der Waals surface area contributed by atoms with Crippen molar-refractivity contribution in [2.24, 2.45) is 0 Å². The van der Waals surface area contributed by atoms with Gasteiger partial charge in [-0.25, -0.2) is 0 Å². The average molecular weight is 351 g/mol. The van der Waals surface area contributed by atoms with Crippen molar-refractivity contribution >= 4 is 17.5 Å². The smallest absolute Gasteiger partial charge is 0.255 e. The number of carbonyl (C=O) groups is 2. The zero-order valence-electron chi connectivity index (χ0n) is 15.0. The van der Waals surface area contributed by atoms with Crippen LogP contribution in [0.1, 0.15) is 16.8 Å². The zero-order chi connectivity index (χ0) is 18.4. The van der Waals surface area contributed by atoms with Crippen molar-refractivity contribution in [2.75, 3.05) is 53.4 Å². The van der Waals surface area contributed by atoms with Crippen LogP contribution >= 0.6 is 0 Å². The Morgan fingerprint density at radius 2 is 1.96 bits per heavy atom. The van der Waals surface area contributed by atoms with Crippen LogP contribution in [0.5, 0.6) is 11.5 Å². The molecule has 0 spiro atoms. The molecule has 1 fully saturated rings. The molecule has 0 radical (unpaired) electrons. The third-order valence-electron chi connectivity index (χ3n) is 3.86. The molecule has 138 valence electrons. The van der Waals surface area contributed by atoms with Crippen LogP contribution < -0.4 is 20.1 Å². The highest BCUT2D eigenvalue weighted by atomic mass is 16.5. The summed E-state index contributed by atoms with van der Waals surface area (Å²) in [6, 6.07) is 3.12. The van der Waals surface area contributed by atoms with E-state index in [-0.39, 0.29) is 24.3 Å². The molecule has 25 heavy (non-hydrogen) atoms. The summed E-state index contributed by atoms with van der Waals surface area (Å²) in [4.78, 5) is 26.3. The van der Waals surface area contributed by atoms with Crippen LogP contribution in [0.3, 0.4) is 0 Å². The summed E-state index contributed by atoms with van der Waals surface area (Å²) in [5, 5.41) is 6.03. The molecule has 1 aromatic carbocycles. The van der Waals surface area contributed by atoms with Gasteiger partial charge in [0.1, 0.15) is 0 Å². The predicted molar refractivity (Wildman–Crippen MR) is 93.4 cm³/mol. The van der Waals surface area contributed by atoms with Crippen LogP contribution in [0.15, 0.2) is 12.1 Å². The number of hydrogen-bond donors (Lipinski definition) is 2. The summed E-state index contributed by atoms with van der Waals surface area (Å²) in [6.07, 6.45) is 0.254. The highest BCUT2D eigenvalue weighted by Gasteiger charge is 2.22. The number of hydrogen-bond acceptors (Lipinski definition) is 6. The Kier molecular flexibility index (Phi) is 6.60. The van der Waals surface area contributed by atoms with Crippen LogP contribution in [0.25, 0.3) is 0 Å². The van der Waals surface area contributed by atoms with E-state index in [0.717, 1.165) is 6.54 Å². The van der Waals surface area contributed by atoms with Crippen molar-refractivity contribution in [1.29, 1.82) is 0 Å². The normalized spacial score (nSPS) is 16.9. The third-order valence-corrected chi connectivity index (χ3v) is 3.86. The Morgan fingerprint density at radius 1 is 1.28 bits per heavy atom. The van der Waals surface area contributed by atoms with E-state index in [2.05, 4.69) is 10.6 Å².